The molecule has 0 aliphatic carbocycles. The van der Waals surface area contributed by atoms with Gasteiger partial charge >= 0.3 is 0 Å². The Kier molecular flexibility index (Phi) is 5.29. The van der Waals surface area contributed by atoms with Gasteiger partial charge in [-0.05, 0) is 36.4 Å². The third-order valence-electron chi connectivity index (χ3n) is 3.44. The van der Waals surface area contributed by atoms with Gasteiger partial charge in [0.2, 0.25) is 0 Å². The van der Waals surface area contributed by atoms with Crippen LogP contribution < -0.4 is 9.47 Å². The summed E-state index contributed by atoms with van der Waals surface area (Å²) in [5, 5.41) is 19.1. The Labute approximate surface area is 160 Å². The summed E-state index contributed by atoms with van der Waals surface area (Å²) in [5.74, 6) is 1.61. The van der Waals surface area contributed by atoms with Gasteiger partial charge in [-0.15, -0.1) is 0 Å². The molecule has 0 atom stereocenters. The van der Waals surface area contributed by atoms with Gasteiger partial charge in [0, 0.05) is 6.07 Å². The number of nitrogens with zero attached hydrogens (tertiary/aromatic N) is 2. The maximum Gasteiger partial charge on any atom is 0.146 e. The normalized spacial score (nSPS) is 9.85. The molecule has 0 aliphatic heterocycles. The molecule has 4 nitrogen and oxygen atoms in total. The first-order valence-electron chi connectivity index (χ1n) is 7.45. The second kappa shape index (κ2) is 7.80. The van der Waals surface area contributed by atoms with Crippen molar-refractivity contribution in [3.63, 3.8) is 0 Å². The van der Waals surface area contributed by atoms with E-state index >= 15 is 0 Å². The molecule has 0 aromatic heterocycles. The smallest absolute Gasteiger partial charge is 0.146 e. The highest BCUT2D eigenvalue weighted by atomic mass is 35.5. The third-order valence-corrected chi connectivity index (χ3v) is 4.07. The van der Waals surface area contributed by atoms with Crippen molar-refractivity contribution >= 4 is 23.2 Å². The predicted molar refractivity (Wildman–Crippen MR) is 98.9 cm³/mol. The SMILES string of the molecule is N#Cc1c(Cl)cccc1Oc1cccc(Oc2cccc(Cl)c2C#N)c1. The fourth-order valence-electron chi connectivity index (χ4n) is 2.25. The Morgan fingerprint density at radius 1 is 0.654 bits per heavy atom. The van der Waals surface area contributed by atoms with E-state index in [1.807, 2.05) is 12.1 Å². The highest BCUT2D eigenvalue weighted by molar-refractivity contribution is 6.32. The highest BCUT2D eigenvalue weighted by Gasteiger charge is 2.11. The molecule has 0 spiro atoms. The minimum atomic E-state index is 0.252. The second-order valence-corrected chi connectivity index (χ2v) is 5.94. The van der Waals surface area contributed by atoms with Gasteiger partial charge in [-0.3, -0.25) is 0 Å². The zero-order valence-electron chi connectivity index (χ0n) is 13.2. The quantitative estimate of drug-likeness (QED) is 0.530. The summed E-state index contributed by atoms with van der Waals surface area (Å²) in [4.78, 5) is 0. The van der Waals surface area contributed by atoms with Crippen LogP contribution in [0.1, 0.15) is 11.1 Å². The van der Waals surface area contributed by atoms with Crippen LogP contribution in [-0.2, 0) is 0 Å². The lowest BCUT2D eigenvalue weighted by Gasteiger charge is -2.11. The molecule has 3 aromatic rings. The van der Waals surface area contributed by atoms with Crippen molar-refractivity contribution in [2.45, 2.75) is 0 Å². The predicted octanol–water partition coefficient (Wildman–Crippen LogP) is 6.32. The van der Waals surface area contributed by atoms with Gasteiger partial charge in [-0.2, -0.15) is 10.5 Å². The molecule has 6 heteroatoms. The Hall–Kier alpha value is -3.18. The number of halogens is 2. The number of hydrogen-bond donors (Lipinski definition) is 0. The van der Waals surface area contributed by atoms with Crippen molar-refractivity contribution in [2.24, 2.45) is 0 Å². The number of nitriles is 2. The minimum Gasteiger partial charge on any atom is -0.456 e. The molecule has 0 saturated heterocycles. The average molecular weight is 381 g/mol. The van der Waals surface area contributed by atoms with Crippen LogP contribution in [0.5, 0.6) is 23.0 Å². The Bertz CT molecular complexity index is 972. The van der Waals surface area contributed by atoms with Gasteiger partial charge in [0.25, 0.3) is 0 Å². The molecule has 0 N–H and O–H groups in total. The first-order valence-corrected chi connectivity index (χ1v) is 8.21. The molecule has 3 aromatic carbocycles. The van der Waals surface area contributed by atoms with Crippen molar-refractivity contribution < 1.29 is 9.47 Å². The molecule has 0 saturated carbocycles. The van der Waals surface area contributed by atoms with Crippen LogP contribution in [0.15, 0.2) is 60.7 Å². The van der Waals surface area contributed by atoms with Crippen molar-refractivity contribution in [3.8, 4) is 35.1 Å². The van der Waals surface area contributed by atoms with E-state index in [4.69, 9.17) is 32.7 Å². The topological polar surface area (TPSA) is 66.0 Å². The maximum atomic E-state index is 9.23. The van der Waals surface area contributed by atoms with E-state index in [2.05, 4.69) is 0 Å². The second-order valence-electron chi connectivity index (χ2n) is 5.13. The van der Waals surface area contributed by atoms with Crippen molar-refractivity contribution in [2.75, 3.05) is 0 Å². The Morgan fingerprint density at radius 3 is 1.50 bits per heavy atom. The van der Waals surface area contributed by atoms with Gasteiger partial charge in [0.15, 0.2) is 0 Å². The highest BCUT2D eigenvalue weighted by Crippen LogP contribution is 2.34. The zero-order valence-corrected chi connectivity index (χ0v) is 14.8. The summed E-state index contributed by atoms with van der Waals surface area (Å²) in [6, 6.07) is 20.8. The summed E-state index contributed by atoms with van der Waals surface area (Å²) in [6.45, 7) is 0. The van der Waals surface area contributed by atoms with Crippen LogP contribution in [0.3, 0.4) is 0 Å². The van der Waals surface area contributed by atoms with Gasteiger partial charge in [-0.1, -0.05) is 41.4 Å². The van der Waals surface area contributed by atoms with Crippen LogP contribution in [-0.4, -0.2) is 0 Å². The van der Waals surface area contributed by atoms with E-state index in [0.29, 0.717) is 33.0 Å². The van der Waals surface area contributed by atoms with E-state index in [-0.39, 0.29) is 11.1 Å². The molecule has 0 aliphatic rings. The molecule has 3 rings (SSSR count). The van der Waals surface area contributed by atoms with Crippen molar-refractivity contribution in [1.29, 1.82) is 10.5 Å². The van der Waals surface area contributed by atoms with Gasteiger partial charge < -0.3 is 9.47 Å². The monoisotopic (exact) mass is 380 g/mol. The number of benzene rings is 3. The first-order chi connectivity index (χ1) is 12.6. The zero-order chi connectivity index (χ0) is 18.5. The molecule has 0 radical (unpaired) electrons. The molecular weight excluding hydrogens is 371 g/mol. The van der Waals surface area contributed by atoms with Crippen LogP contribution in [0.25, 0.3) is 0 Å². The van der Waals surface area contributed by atoms with E-state index in [1.165, 1.54) is 0 Å². The van der Waals surface area contributed by atoms with Gasteiger partial charge in [0.1, 0.15) is 46.3 Å². The van der Waals surface area contributed by atoms with E-state index in [0.717, 1.165) is 0 Å². The van der Waals surface area contributed by atoms with Gasteiger partial charge in [-0.25, -0.2) is 0 Å². The largest absolute Gasteiger partial charge is 0.456 e. The fourth-order valence-corrected chi connectivity index (χ4v) is 2.67. The minimum absolute atomic E-state index is 0.252. The lowest BCUT2D eigenvalue weighted by Crippen LogP contribution is -1.91. The van der Waals surface area contributed by atoms with E-state index in [1.54, 1.807) is 60.7 Å². The van der Waals surface area contributed by atoms with Crippen molar-refractivity contribution in [3.05, 3.63) is 81.8 Å². The summed E-state index contributed by atoms with van der Waals surface area (Å²) in [5.41, 5.74) is 0.504. The number of rotatable bonds is 4. The summed E-state index contributed by atoms with van der Waals surface area (Å²) >= 11 is 12.0. The van der Waals surface area contributed by atoms with Crippen LogP contribution in [0.2, 0.25) is 10.0 Å². The Morgan fingerprint density at radius 2 is 1.08 bits per heavy atom. The number of ether oxygens (including phenoxy) is 2. The molecular formula is C20H10Cl2N2O2. The third kappa shape index (κ3) is 3.73. The summed E-state index contributed by atoms with van der Waals surface area (Å²) in [6.07, 6.45) is 0. The van der Waals surface area contributed by atoms with Crippen LogP contribution in [0, 0.1) is 22.7 Å². The summed E-state index contributed by atoms with van der Waals surface area (Å²) in [7, 11) is 0. The van der Waals surface area contributed by atoms with E-state index < -0.39 is 0 Å². The molecule has 126 valence electrons. The molecule has 0 heterocycles. The first kappa shape index (κ1) is 17.6. The molecule has 0 fully saturated rings. The molecule has 0 unspecified atom stereocenters. The Balaban J connectivity index is 1.89. The van der Waals surface area contributed by atoms with E-state index in [9.17, 15) is 10.5 Å². The standard InChI is InChI=1S/C20H10Cl2N2O2/c21-17-6-2-8-19(15(17)11-23)25-13-4-1-5-14(10-13)26-20-9-3-7-18(22)16(20)12-24/h1-10H. The molecule has 0 amide bonds. The maximum absolute atomic E-state index is 9.23. The van der Waals surface area contributed by atoms with Crippen LogP contribution >= 0.6 is 23.2 Å². The average Bonchev–Trinajstić information content (AvgIpc) is 2.62. The van der Waals surface area contributed by atoms with Gasteiger partial charge in [0.05, 0.1) is 10.0 Å². The van der Waals surface area contributed by atoms with Crippen LogP contribution in [0.4, 0.5) is 0 Å². The lowest BCUT2D eigenvalue weighted by molar-refractivity contribution is 0.459. The molecule has 0 bridgehead atoms. The molecule has 26 heavy (non-hydrogen) atoms. The van der Waals surface area contributed by atoms with Crippen molar-refractivity contribution in [1.82, 2.24) is 0 Å². The number of hydrogen-bond acceptors (Lipinski definition) is 4. The summed E-state index contributed by atoms with van der Waals surface area (Å²) < 4.78 is 11.5. The lowest BCUT2D eigenvalue weighted by atomic mass is 10.2. The fraction of sp³-hybridized carbons (Fsp3) is 0.